The molecular weight excluding hydrogens is 320 g/mol. The van der Waals surface area contributed by atoms with Crippen LogP contribution in [0.1, 0.15) is 50.0 Å². The Morgan fingerprint density at radius 2 is 1.68 bits per heavy atom. The van der Waals surface area contributed by atoms with E-state index in [2.05, 4.69) is 0 Å². The van der Waals surface area contributed by atoms with Crippen molar-refractivity contribution in [2.45, 2.75) is 44.4 Å². The number of fused-ring (bicyclic) bond motifs is 1. The number of hydrogen-bond acceptors (Lipinski definition) is 5. The zero-order valence-electron chi connectivity index (χ0n) is 14.2. The fourth-order valence-corrected chi connectivity index (χ4v) is 4.21. The molecule has 0 spiro atoms. The maximum Gasteiger partial charge on any atom is 0.162 e. The summed E-state index contributed by atoms with van der Waals surface area (Å²) in [7, 11) is 1.57. The number of benzene rings is 1. The Balaban J connectivity index is 1.89. The number of carbonyl (C=O) groups is 3. The van der Waals surface area contributed by atoms with Gasteiger partial charge in [0, 0.05) is 48.8 Å². The number of ketones is 3. The second-order valence-corrected chi connectivity index (χ2v) is 6.86. The van der Waals surface area contributed by atoms with Crippen molar-refractivity contribution in [3.63, 3.8) is 0 Å². The van der Waals surface area contributed by atoms with Gasteiger partial charge in [-0.2, -0.15) is 0 Å². The molecule has 0 radical (unpaired) electrons. The molecule has 25 heavy (non-hydrogen) atoms. The maximum absolute atomic E-state index is 12.6. The monoisotopic (exact) mass is 340 g/mol. The third-order valence-electron chi connectivity index (χ3n) is 5.38. The van der Waals surface area contributed by atoms with Crippen LogP contribution in [0.3, 0.4) is 0 Å². The Labute approximate surface area is 146 Å². The standard InChI is InChI=1S/C20H20O5/c1-24-11-8-9-12-17(10-11)25-16-7-3-6-15(23)20(16)18(12)19-13(21)4-2-5-14(19)22/h8-10,18-19H,2-7H2,1H3/t18-/m1/s1. The first-order valence-electron chi connectivity index (χ1n) is 8.77. The van der Waals surface area contributed by atoms with Crippen molar-refractivity contribution in [3.8, 4) is 11.5 Å². The number of methoxy groups -OCH3 is 1. The minimum atomic E-state index is -0.767. The molecule has 0 aromatic heterocycles. The van der Waals surface area contributed by atoms with Crippen molar-refractivity contribution in [1.82, 2.24) is 0 Å². The summed E-state index contributed by atoms with van der Waals surface area (Å²) in [5.74, 6) is 0.445. The fourth-order valence-electron chi connectivity index (χ4n) is 4.21. The average molecular weight is 340 g/mol. The minimum absolute atomic E-state index is 0.00103. The zero-order chi connectivity index (χ0) is 17.6. The van der Waals surface area contributed by atoms with E-state index in [0.29, 0.717) is 54.9 Å². The topological polar surface area (TPSA) is 69.7 Å². The van der Waals surface area contributed by atoms with Crippen molar-refractivity contribution >= 4 is 17.3 Å². The number of hydrogen-bond donors (Lipinski definition) is 0. The number of ether oxygens (including phenoxy) is 2. The van der Waals surface area contributed by atoms with E-state index in [-0.39, 0.29) is 17.3 Å². The van der Waals surface area contributed by atoms with Crippen LogP contribution in [0.15, 0.2) is 29.5 Å². The Bertz CT molecular complexity index is 788. The van der Waals surface area contributed by atoms with E-state index in [1.54, 1.807) is 19.2 Å². The number of allylic oxidation sites excluding steroid dienone is 2. The van der Waals surface area contributed by atoms with E-state index in [1.807, 2.05) is 6.07 Å². The van der Waals surface area contributed by atoms with E-state index in [1.165, 1.54) is 0 Å². The van der Waals surface area contributed by atoms with Crippen LogP contribution in [-0.2, 0) is 14.4 Å². The van der Waals surface area contributed by atoms with Gasteiger partial charge in [0.15, 0.2) is 5.78 Å². The van der Waals surface area contributed by atoms with Gasteiger partial charge in [0.1, 0.15) is 28.8 Å². The third-order valence-corrected chi connectivity index (χ3v) is 5.38. The molecule has 1 aliphatic heterocycles. The summed E-state index contributed by atoms with van der Waals surface area (Å²) >= 11 is 0. The zero-order valence-corrected chi connectivity index (χ0v) is 14.2. The van der Waals surface area contributed by atoms with Gasteiger partial charge >= 0.3 is 0 Å². The summed E-state index contributed by atoms with van der Waals surface area (Å²) in [4.78, 5) is 37.8. The Kier molecular flexibility index (Phi) is 3.94. The van der Waals surface area contributed by atoms with Gasteiger partial charge in [-0.25, -0.2) is 0 Å². The first-order chi connectivity index (χ1) is 12.1. The predicted octanol–water partition coefficient (Wildman–Crippen LogP) is 3.12. The van der Waals surface area contributed by atoms with Crippen molar-refractivity contribution in [3.05, 3.63) is 35.1 Å². The van der Waals surface area contributed by atoms with Gasteiger partial charge in [0.05, 0.1) is 13.0 Å². The fraction of sp³-hybridized carbons (Fsp3) is 0.450. The number of Topliss-reactive ketones (excluding diaryl/α,β-unsaturated/α-hetero) is 3. The number of rotatable bonds is 2. The molecule has 4 rings (SSSR count). The highest BCUT2D eigenvalue weighted by atomic mass is 16.5. The summed E-state index contributed by atoms with van der Waals surface area (Å²) in [6.45, 7) is 0. The van der Waals surface area contributed by atoms with Crippen LogP contribution in [0, 0.1) is 5.92 Å². The van der Waals surface area contributed by atoms with Crippen LogP contribution in [0.2, 0.25) is 0 Å². The summed E-state index contributed by atoms with van der Waals surface area (Å²) in [5.41, 5.74) is 1.28. The molecule has 1 heterocycles. The molecule has 0 bridgehead atoms. The SMILES string of the molecule is COc1ccc2c(c1)OC1=C(C(=O)CCC1)[C@H]2C1C(=O)CCCC1=O. The third kappa shape index (κ3) is 2.58. The molecule has 1 fully saturated rings. The van der Waals surface area contributed by atoms with E-state index >= 15 is 0 Å². The lowest BCUT2D eigenvalue weighted by atomic mass is 9.68. The van der Waals surface area contributed by atoms with Crippen LogP contribution in [0.5, 0.6) is 11.5 Å². The van der Waals surface area contributed by atoms with Gasteiger partial charge in [-0.05, 0) is 18.9 Å². The molecule has 1 aromatic carbocycles. The summed E-state index contributed by atoms with van der Waals surface area (Å²) < 4.78 is 11.3. The summed E-state index contributed by atoms with van der Waals surface area (Å²) in [6.07, 6.45) is 3.23. The largest absolute Gasteiger partial charge is 0.497 e. The highest BCUT2D eigenvalue weighted by Crippen LogP contribution is 2.49. The first kappa shape index (κ1) is 16.1. The first-order valence-corrected chi connectivity index (χ1v) is 8.77. The smallest absolute Gasteiger partial charge is 0.162 e. The van der Waals surface area contributed by atoms with E-state index in [9.17, 15) is 14.4 Å². The molecule has 0 N–H and O–H groups in total. The Morgan fingerprint density at radius 1 is 0.960 bits per heavy atom. The molecule has 1 saturated carbocycles. The van der Waals surface area contributed by atoms with E-state index in [0.717, 1.165) is 12.0 Å². The van der Waals surface area contributed by atoms with Gasteiger partial charge in [-0.15, -0.1) is 0 Å². The Hall–Kier alpha value is -2.43. The van der Waals surface area contributed by atoms with Gasteiger partial charge in [-0.1, -0.05) is 6.07 Å². The van der Waals surface area contributed by atoms with E-state index < -0.39 is 11.8 Å². The lowest BCUT2D eigenvalue weighted by molar-refractivity contribution is -0.136. The molecule has 2 aliphatic carbocycles. The highest BCUT2D eigenvalue weighted by molar-refractivity contribution is 6.08. The van der Waals surface area contributed by atoms with Crippen molar-refractivity contribution in [2.75, 3.05) is 7.11 Å². The quantitative estimate of drug-likeness (QED) is 0.774. The lowest BCUT2D eigenvalue weighted by Crippen LogP contribution is -2.38. The van der Waals surface area contributed by atoms with Gasteiger partial charge < -0.3 is 9.47 Å². The van der Waals surface area contributed by atoms with E-state index in [4.69, 9.17) is 9.47 Å². The second kappa shape index (κ2) is 6.14. The summed E-state index contributed by atoms with van der Waals surface area (Å²) in [5, 5.41) is 0. The molecule has 0 amide bonds. The van der Waals surface area contributed by atoms with Gasteiger partial charge in [0.25, 0.3) is 0 Å². The Morgan fingerprint density at radius 3 is 2.40 bits per heavy atom. The lowest BCUT2D eigenvalue weighted by Gasteiger charge is -2.37. The maximum atomic E-state index is 12.6. The highest BCUT2D eigenvalue weighted by Gasteiger charge is 2.46. The van der Waals surface area contributed by atoms with Crippen LogP contribution in [0.25, 0.3) is 0 Å². The summed E-state index contributed by atoms with van der Waals surface area (Å²) in [6, 6.07) is 5.37. The van der Waals surface area contributed by atoms with Gasteiger partial charge in [-0.3, -0.25) is 14.4 Å². The molecule has 0 unspecified atom stereocenters. The average Bonchev–Trinajstić information content (AvgIpc) is 2.60. The normalized spacial score (nSPS) is 23.9. The molecule has 0 saturated heterocycles. The molecule has 3 aliphatic rings. The second-order valence-electron chi connectivity index (χ2n) is 6.86. The predicted molar refractivity (Wildman–Crippen MR) is 89.6 cm³/mol. The van der Waals surface area contributed by atoms with Crippen molar-refractivity contribution in [2.24, 2.45) is 5.92 Å². The van der Waals surface area contributed by atoms with Crippen molar-refractivity contribution in [1.29, 1.82) is 0 Å². The van der Waals surface area contributed by atoms with Crippen LogP contribution in [-0.4, -0.2) is 24.5 Å². The van der Waals surface area contributed by atoms with Crippen LogP contribution < -0.4 is 9.47 Å². The molecule has 5 nitrogen and oxygen atoms in total. The van der Waals surface area contributed by atoms with Crippen LogP contribution in [0.4, 0.5) is 0 Å². The minimum Gasteiger partial charge on any atom is -0.497 e. The molecule has 1 aromatic rings. The van der Waals surface area contributed by atoms with Crippen LogP contribution >= 0.6 is 0 Å². The molecule has 130 valence electrons. The molecule has 5 heteroatoms. The molecular formula is C20H20O5. The number of carbonyl (C=O) groups excluding carboxylic acids is 3. The molecule has 1 atom stereocenters. The van der Waals surface area contributed by atoms with Gasteiger partial charge in [0.2, 0.25) is 0 Å². The van der Waals surface area contributed by atoms with Crippen molar-refractivity contribution < 1.29 is 23.9 Å².